The quantitative estimate of drug-likeness (QED) is 0.872. The average Bonchev–Trinajstić information content (AvgIpc) is 2.37. The zero-order valence-electron chi connectivity index (χ0n) is 10.1. The van der Waals surface area contributed by atoms with Crippen LogP contribution in [0.5, 0.6) is 0 Å². The van der Waals surface area contributed by atoms with Crippen LogP contribution in [0.4, 0.5) is 5.95 Å². The lowest BCUT2D eigenvalue weighted by molar-refractivity contribution is 0.946. The van der Waals surface area contributed by atoms with Crippen molar-refractivity contribution in [1.29, 1.82) is 0 Å². The number of nitrogens with zero attached hydrogens (tertiary/aromatic N) is 3. The monoisotopic (exact) mass is 228 g/mol. The number of nitrogens with one attached hydrogen (secondary N) is 1. The number of anilines is 1. The summed E-state index contributed by atoms with van der Waals surface area (Å²) in [5.41, 5.74) is 3.27. The minimum atomic E-state index is 0.651. The summed E-state index contributed by atoms with van der Waals surface area (Å²) in [4.78, 5) is 12.8. The van der Waals surface area contributed by atoms with Gasteiger partial charge in [0.1, 0.15) is 0 Å². The van der Waals surface area contributed by atoms with Gasteiger partial charge in [0.05, 0.1) is 12.2 Å². The first-order valence-corrected chi connectivity index (χ1v) is 5.76. The first-order chi connectivity index (χ1) is 8.29. The van der Waals surface area contributed by atoms with Gasteiger partial charge in [-0.1, -0.05) is 13.0 Å². The molecule has 17 heavy (non-hydrogen) atoms. The number of hydrogen-bond donors (Lipinski definition) is 1. The highest BCUT2D eigenvalue weighted by Crippen LogP contribution is 2.08. The molecular weight excluding hydrogens is 212 g/mol. The normalized spacial score (nSPS) is 10.2. The second-order valence-electron chi connectivity index (χ2n) is 3.84. The molecule has 0 aromatic carbocycles. The molecule has 0 radical (unpaired) electrons. The Morgan fingerprint density at radius 2 is 2.06 bits per heavy atom. The van der Waals surface area contributed by atoms with Crippen LogP contribution in [0.15, 0.2) is 30.6 Å². The van der Waals surface area contributed by atoms with Crippen LogP contribution in [0.25, 0.3) is 0 Å². The predicted octanol–water partition coefficient (Wildman–Crippen LogP) is 2.35. The van der Waals surface area contributed by atoms with E-state index in [0.717, 1.165) is 17.8 Å². The summed E-state index contributed by atoms with van der Waals surface area (Å²) in [5, 5.41) is 3.19. The largest absolute Gasteiger partial charge is 0.349 e. The van der Waals surface area contributed by atoms with Crippen LogP contribution in [-0.2, 0) is 13.0 Å². The van der Waals surface area contributed by atoms with Gasteiger partial charge in [0.25, 0.3) is 0 Å². The van der Waals surface area contributed by atoms with Gasteiger partial charge in [-0.25, -0.2) is 9.97 Å². The summed E-state index contributed by atoms with van der Waals surface area (Å²) in [6, 6.07) is 5.94. The van der Waals surface area contributed by atoms with Gasteiger partial charge in [0, 0.05) is 18.1 Å². The Bertz CT molecular complexity index is 496. The first-order valence-electron chi connectivity index (χ1n) is 5.76. The van der Waals surface area contributed by atoms with Crippen molar-refractivity contribution in [3.63, 3.8) is 0 Å². The molecule has 0 atom stereocenters. The van der Waals surface area contributed by atoms with Crippen LogP contribution in [0.2, 0.25) is 0 Å². The fourth-order valence-electron chi connectivity index (χ4n) is 1.65. The Labute approximate surface area is 101 Å². The maximum Gasteiger partial charge on any atom is 0.223 e. The number of pyridine rings is 1. The van der Waals surface area contributed by atoms with Crippen molar-refractivity contribution in [1.82, 2.24) is 15.0 Å². The van der Waals surface area contributed by atoms with Gasteiger partial charge in [-0.15, -0.1) is 0 Å². The van der Waals surface area contributed by atoms with Crippen molar-refractivity contribution in [3.05, 3.63) is 47.5 Å². The van der Waals surface area contributed by atoms with Crippen molar-refractivity contribution < 1.29 is 0 Å². The summed E-state index contributed by atoms with van der Waals surface area (Å²) < 4.78 is 0. The van der Waals surface area contributed by atoms with E-state index in [1.165, 1.54) is 5.56 Å². The standard InChI is InChI=1S/C13H16N4/c1-3-11-5-4-7-14-12(11)9-16-13-15-8-6-10(2)17-13/h4-8H,3,9H2,1-2H3,(H,15,16,17). The van der Waals surface area contributed by atoms with E-state index in [9.17, 15) is 0 Å². The summed E-state index contributed by atoms with van der Waals surface area (Å²) in [5.74, 6) is 0.651. The molecule has 0 fully saturated rings. The average molecular weight is 228 g/mol. The predicted molar refractivity (Wildman–Crippen MR) is 67.7 cm³/mol. The van der Waals surface area contributed by atoms with Gasteiger partial charge in [-0.05, 0) is 31.0 Å². The van der Waals surface area contributed by atoms with Gasteiger partial charge in [0.2, 0.25) is 5.95 Å². The molecule has 2 rings (SSSR count). The smallest absolute Gasteiger partial charge is 0.223 e. The van der Waals surface area contributed by atoms with Crippen LogP contribution in [0.1, 0.15) is 23.9 Å². The molecule has 2 heterocycles. The SMILES string of the molecule is CCc1cccnc1CNc1nccc(C)n1. The molecule has 0 amide bonds. The highest BCUT2D eigenvalue weighted by atomic mass is 15.1. The van der Waals surface area contributed by atoms with Crippen LogP contribution in [0.3, 0.4) is 0 Å². The molecule has 4 nitrogen and oxygen atoms in total. The third-order valence-electron chi connectivity index (χ3n) is 2.57. The molecule has 0 spiro atoms. The van der Waals surface area contributed by atoms with E-state index in [-0.39, 0.29) is 0 Å². The van der Waals surface area contributed by atoms with Crippen LogP contribution < -0.4 is 5.32 Å². The fourth-order valence-corrected chi connectivity index (χ4v) is 1.65. The molecule has 88 valence electrons. The molecule has 0 aliphatic heterocycles. The molecule has 0 bridgehead atoms. The molecule has 2 aromatic heterocycles. The summed E-state index contributed by atoms with van der Waals surface area (Å²) >= 11 is 0. The first kappa shape index (κ1) is 11.5. The third-order valence-corrected chi connectivity index (χ3v) is 2.57. The van der Waals surface area contributed by atoms with Gasteiger partial charge < -0.3 is 5.32 Å². The molecular formula is C13H16N4. The molecule has 0 saturated carbocycles. The number of hydrogen-bond acceptors (Lipinski definition) is 4. The minimum absolute atomic E-state index is 0.651. The van der Waals surface area contributed by atoms with E-state index < -0.39 is 0 Å². The Morgan fingerprint density at radius 3 is 2.82 bits per heavy atom. The molecule has 1 N–H and O–H groups in total. The number of aryl methyl sites for hydroxylation is 2. The van der Waals surface area contributed by atoms with Crippen LogP contribution >= 0.6 is 0 Å². The van der Waals surface area contributed by atoms with Gasteiger partial charge >= 0.3 is 0 Å². The lowest BCUT2D eigenvalue weighted by Crippen LogP contribution is -2.07. The van der Waals surface area contributed by atoms with Crippen molar-refractivity contribution in [2.75, 3.05) is 5.32 Å². The Hall–Kier alpha value is -1.97. The maximum absolute atomic E-state index is 4.37. The van der Waals surface area contributed by atoms with Gasteiger partial charge in [0.15, 0.2) is 0 Å². The Morgan fingerprint density at radius 1 is 1.18 bits per heavy atom. The second kappa shape index (κ2) is 5.39. The Balaban J connectivity index is 2.07. The molecule has 4 heteroatoms. The zero-order chi connectivity index (χ0) is 12.1. The summed E-state index contributed by atoms with van der Waals surface area (Å²) in [6.45, 7) is 4.74. The van der Waals surface area contributed by atoms with Crippen molar-refractivity contribution in [2.24, 2.45) is 0 Å². The van der Waals surface area contributed by atoms with E-state index in [4.69, 9.17) is 0 Å². The summed E-state index contributed by atoms with van der Waals surface area (Å²) in [7, 11) is 0. The molecule has 2 aromatic rings. The van der Waals surface area contributed by atoms with E-state index in [0.29, 0.717) is 12.5 Å². The van der Waals surface area contributed by atoms with Crippen molar-refractivity contribution in [3.8, 4) is 0 Å². The molecule has 0 unspecified atom stereocenters. The lowest BCUT2D eigenvalue weighted by atomic mass is 10.1. The van der Waals surface area contributed by atoms with Gasteiger partial charge in [-0.3, -0.25) is 4.98 Å². The summed E-state index contributed by atoms with van der Waals surface area (Å²) in [6.07, 6.45) is 4.55. The molecule has 0 saturated heterocycles. The topological polar surface area (TPSA) is 50.7 Å². The minimum Gasteiger partial charge on any atom is -0.349 e. The van der Waals surface area contributed by atoms with E-state index >= 15 is 0 Å². The molecule has 0 aliphatic rings. The fraction of sp³-hybridized carbons (Fsp3) is 0.308. The maximum atomic E-state index is 4.37. The number of aromatic nitrogens is 3. The van der Waals surface area contributed by atoms with Crippen LogP contribution in [-0.4, -0.2) is 15.0 Å². The van der Waals surface area contributed by atoms with Crippen molar-refractivity contribution in [2.45, 2.75) is 26.8 Å². The van der Waals surface area contributed by atoms with E-state index in [1.807, 2.05) is 25.3 Å². The third kappa shape index (κ3) is 3.00. The van der Waals surface area contributed by atoms with Crippen LogP contribution in [0, 0.1) is 6.92 Å². The van der Waals surface area contributed by atoms with Gasteiger partial charge in [-0.2, -0.15) is 0 Å². The lowest BCUT2D eigenvalue weighted by Gasteiger charge is -2.08. The second-order valence-corrected chi connectivity index (χ2v) is 3.84. The van der Waals surface area contributed by atoms with Crippen molar-refractivity contribution >= 4 is 5.95 Å². The zero-order valence-corrected chi connectivity index (χ0v) is 10.1. The highest BCUT2D eigenvalue weighted by Gasteiger charge is 2.02. The Kier molecular flexibility index (Phi) is 3.65. The molecule has 0 aliphatic carbocycles. The van der Waals surface area contributed by atoms with E-state index in [1.54, 1.807) is 6.20 Å². The number of rotatable bonds is 4. The van der Waals surface area contributed by atoms with E-state index in [2.05, 4.69) is 33.3 Å². The highest BCUT2D eigenvalue weighted by molar-refractivity contribution is 5.28.